The van der Waals surface area contributed by atoms with Crippen molar-refractivity contribution in [3.63, 3.8) is 0 Å². The summed E-state index contributed by atoms with van der Waals surface area (Å²) < 4.78 is 21.8. The number of methoxy groups -OCH3 is 3. The maximum Gasteiger partial charge on any atom is 0.239 e. The monoisotopic (exact) mass is 476 g/mol. The summed E-state index contributed by atoms with van der Waals surface area (Å²) in [5.41, 5.74) is 2.01. The van der Waals surface area contributed by atoms with Crippen LogP contribution in [-0.2, 0) is 17.6 Å². The van der Waals surface area contributed by atoms with E-state index in [9.17, 15) is 0 Å². The van der Waals surface area contributed by atoms with Gasteiger partial charge in [-0.1, -0.05) is 29.8 Å². The predicted molar refractivity (Wildman–Crippen MR) is 131 cm³/mol. The highest BCUT2D eigenvalue weighted by Gasteiger charge is 2.21. The largest absolute Gasteiger partial charge is 0.494 e. The van der Waals surface area contributed by atoms with E-state index in [4.69, 9.17) is 25.8 Å². The van der Waals surface area contributed by atoms with Gasteiger partial charge >= 0.3 is 0 Å². The summed E-state index contributed by atoms with van der Waals surface area (Å²) in [4.78, 5) is 0. The number of anilines is 1. The molecule has 0 spiro atoms. The molecular formula is C23H29ClN4O3S. The van der Waals surface area contributed by atoms with Gasteiger partial charge in [-0.25, -0.2) is 0 Å². The lowest BCUT2D eigenvalue weighted by Gasteiger charge is -2.17. The molecule has 1 N–H and O–H groups in total. The quantitative estimate of drug-likeness (QED) is 0.268. The SMILES string of the molecule is COCCCCc1nnc(NSCCc2ccc(Cl)cc2)n1-c1c(OC)cccc1OC. The zero-order chi connectivity index (χ0) is 22.8. The number of halogens is 1. The number of para-hydroxylation sites is 1. The molecule has 3 aromatic rings. The summed E-state index contributed by atoms with van der Waals surface area (Å²) in [5, 5.41) is 9.62. The van der Waals surface area contributed by atoms with Crippen LogP contribution in [0.25, 0.3) is 5.69 Å². The van der Waals surface area contributed by atoms with Crippen molar-refractivity contribution in [3.05, 3.63) is 58.9 Å². The summed E-state index contributed by atoms with van der Waals surface area (Å²) in [5.74, 6) is 3.72. The fraction of sp³-hybridized carbons (Fsp3) is 0.391. The molecule has 0 aliphatic rings. The molecule has 7 nitrogen and oxygen atoms in total. The number of rotatable bonds is 13. The van der Waals surface area contributed by atoms with E-state index in [0.29, 0.717) is 17.4 Å². The van der Waals surface area contributed by atoms with E-state index < -0.39 is 0 Å². The van der Waals surface area contributed by atoms with Crippen LogP contribution in [0.4, 0.5) is 5.95 Å². The molecule has 3 rings (SSSR count). The third kappa shape index (κ3) is 6.31. The van der Waals surface area contributed by atoms with Crippen molar-refractivity contribution < 1.29 is 14.2 Å². The molecule has 32 heavy (non-hydrogen) atoms. The highest BCUT2D eigenvalue weighted by atomic mass is 35.5. The van der Waals surface area contributed by atoms with E-state index in [2.05, 4.69) is 14.9 Å². The maximum atomic E-state index is 5.97. The molecule has 0 unspecified atom stereocenters. The molecule has 1 heterocycles. The summed E-state index contributed by atoms with van der Waals surface area (Å²) in [6.07, 6.45) is 3.55. The molecule has 0 radical (unpaired) electrons. The Balaban J connectivity index is 1.80. The van der Waals surface area contributed by atoms with Gasteiger partial charge in [0.25, 0.3) is 0 Å². The molecule has 9 heteroatoms. The Bertz CT molecular complexity index is 960. The van der Waals surface area contributed by atoms with E-state index in [0.717, 1.165) is 54.6 Å². The average Bonchev–Trinajstić information content (AvgIpc) is 3.22. The topological polar surface area (TPSA) is 70.4 Å². The molecule has 0 fully saturated rings. The molecule has 172 valence electrons. The Kier molecular flexibility index (Phi) is 9.52. The molecule has 0 saturated carbocycles. The lowest BCUT2D eigenvalue weighted by molar-refractivity contribution is 0.192. The van der Waals surface area contributed by atoms with Crippen molar-refractivity contribution in [3.8, 4) is 17.2 Å². The first-order chi connectivity index (χ1) is 15.7. The summed E-state index contributed by atoms with van der Waals surface area (Å²) in [6, 6.07) is 13.6. The minimum atomic E-state index is 0.635. The van der Waals surface area contributed by atoms with Gasteiger partial charge < -0.3 is 14.2 Å². The van der Waals surface area contributed by atoms with Crippen LogP contribution in [0.2, 0.25) is 5.02 Å². The third-order valence-corrected chi connectivity index (χ3v) is 5.91. The smallest absolute Gasteiger partial charge is 0.239 e. The minimum absolute atomic E-state index is 0.635. The summed E-state index contributed by atoms with van der Waals surface area (Å²) >= 11 is 7.55. The van der Waals surface area contributed by atoms with Crippen molar-refractivity contribution >= 4 is 29.5 Å². The van der Waals surface area contributed by atoms with E-state index in [-0.39, 0.29) is 0 Å². The maximum absolute atomic E-state index is 5.97. The number of aromatic nitrogens is 3. The van der Waals surface area contributed by atoms with Crippen LogP contribution in [0.5, 0.6) is 11.5 Å². The number of aryl methyl sites for hydroxylation is 2. The van der Waals surface area contributed by atoms with Crippen LogP contribution >= 0.6 is 23.5 Å². The van der Waals surface area contributed by atoms with Crippen molar-refractivity contribution in [2.45, 2.75) is 25.7 Å². The number of hydrogen-bond donors (Lipinski definition) is 1. The number of ether oxygens (including phenoxy) is 3. The second-order valence-electron chi connectivity index (χ2n) is 7.06. The highest BCUT2D eigenvalue weighted by Crippen LogP contribution is 2.35. The first-order valence-corrected chi connectivity index (χ1v) is 11.8. The molecular weight excluding hydrogens is 448 g/mol. The van der Waals surface area contributed by atoms with Gasteiger partial charge in [-0.2, -0.15) is 0 Å². The molecule has 0 aliphatic heterocycles. The number of hydrogen-bond acceptors (Lipinski definition) is 7. The Labute approximate surface area is 198 Å². The van der Waals surface area contributed by atoms with Gasteiger partial charge in [0.05, 0.1) is 14.2 Å². The van der Waals surface area contributed by atoms with Gasteiger partial charge in [0.15, 0.2) is 0 Å². The van der Waals surface area contributed by atoms with Crippen molar-refractivity contribution in [1.29, 1.82) is 0 Å². The fourth-order valence-electron chi connectivity index (χ4n) is 3.30. The number of nitrogens with zero attached hydrogens (tertiary/aromatic N) is 3. The van der Waals surface area contributed by atoms with Crippen LogP contribution in [0.1, 0.15) is 24.2 Å². The zero-order valence-corrected chi connectivity index (χ0v) is 20.2. The first kappa shape index (κ1) is 24.2. The van der Waals surface area contributed by atoms with Crippen LogP contribution in [0.15, 0.2) is 42.5 Å². The van der Waals surface area contributed by atoms with Gasteiger partial charge in [-0.15, -0.1) is 10.2 Å². The van der Waals surface area contributed by atoms with E-state index in [1.165, 1.54) is 5.56 Å². The van der Waals surface area contributed by atoms with E-state index in [1.54, 1.807) is 33.3 Å². The molecule has 0 bridgehead atoms. The van der Waals surface area contributed by atoms with Gasteiger partial charge in [0, 0.05) is 30.9 Å². The third-order valence-electron chi connectivity index (χ3n) is 4.92. The second kappa shape index (κ2) is 12.6. The van der Waals surface area contributed by atoms with Gasteiger partial charge in [-0.05, 0) is 61.0 Å². The van der Waals surface area contributed by atoms with Crippen LogP contribution in [0, 0.1) is 0 Å². The Morgan fingerprint density at radius 3 is 2.31 bits per heavy atom. The van der Waals surface area contributed by atoms with E-state index >= 15 is 0 Å². The van der Waals surface area contributed by atoms with Gasteiger partial charge in [-0.3, -0.25) is 9.29 Å². The minimum Gasteiger partial charge on any atom is -0.494 e. The molecule has 2 aromatic carbocycles. The Morgan fingerprint density at radius 2 is 1.66 bits per heavy atom. The van der Waals surface area contributed by atoms with Crippen molar-refractivity contribution in [1.82, 2.24) is 14.8 Å². The van der Waals surface area contributed by atoms with Crippen LogP contribution in [0.3, 0.4) is 0 Å². The molecule has 0 aliphatic carbocycles. The van der Waals surface area contributed by atoms with Gasteiger partial charge in [0.1, 0.15) is 23.0 Å². The fourth-order valence-corrected chi connectivity index (χ4v) is 4.12. The number of benzene rings is 2. The lowest BCUT2D eigenvalue weighted by Crippen LogP contribution is -2.09. The standard InChI is InChI=1S/C23H29ClN4O3S/c1-29-15-5-4-9-21-25-26-23(27-32-16-14-17-10-12-18(24)13-11-17)28(21)22-19(30-2)7-6-8-20(22)31-3/h6-8,10-13H,4-5,9,14-16H2,1-3H3,(H,26,27). The lowest BCUT2D eigenvalue weighted by atomic mass is 10.2. The van der Waals surface area contributed by atoms with Crippen molar-refractivity contribution in [2.75, 3.05) is 38.4 Å². The Hall–Kier alpha value is -2.42. The number of unbranched alkanes of at least 4 members (excludes halogenated alkanes) is 1. The molecule has 1 aromatic heterocycles. The zero-order valence-electron chi connectivity index (χ0n) is 18.6. The van der Waals surface area contributed by atoms with E-state index in [1.807, 2.05) is 47.0 Å². The first-order valence-electron chi connectivity index (χ1n) is 10.4. The predicted octanol–water partition coefficient (Wildman–Crippen LogP) is 5.21. The van der Waals surface area contributed by atoms with Crippen molar-refractivity contribution in [2.24, 2.45) is 0 Å². The molecule has 0 atom stereocenters. The summed E-state index contributed by atoms with van der Waals surface area (Å²) in [6.45, 7) is 0.720. The normalized spacial score (nSPS) is 10.9. The summed E-state index contributed by atoms with van der Waals surface area (Å²) in [7, 11) is 5.01. The molecule has 0 saturated heterocycles. The number of nitrogens with one attached hydrogen (secondary N) is 1. The van der Waals surface area contributed by atoms with Crippen LogP contribution < -0.4 is 14.2 Å². The Morgan fingerprint density at radius 1 is 0.938 bits per heavy atom. The molecule has 0 amide bonds. The average molecular weight is 477 g/mol. The second-order valence-corrected chi connectivity index (χ2v) is 8.40. The van der Waals surface area contributed by atoms with Gasteiger partial charge in [0.2, 0.25) is 5.95 Å². The van der Waals surface area contributed by atoms with Crippen LogP contribution in [-0.4, -0.2) is 48.5 Å². The highest BCUT2D eigenvalue weighted by molar-refractivity contribution is 8.00.